The molecule has 1 aromatic carbocycles. The van der Waals surface area contributed by atoms with Crippen LogP contribution in [0.5, 0.6) is 0 Å². The molecule has 6 nitrogen and oxygen atoms in total. The Morgan fingerprint density at radius 2 is 1.68 bits per heavy atom. The number of halogens is 1. The van der Waals surface area contributed by atoms with Crippen molar-refractivity contribution in [1.82, 2.24) is 5.32 Å². The van der Waals surface area contributed by atoms with Crippen LogP contribution in [0.3, 0.4) is 0 Å². The molecule has 2 rings (SSSR count). The SMILES string of the molecule is CCOC(=O)C1(C(=O)OCC)C=C(C(C)=O)[C@H](c2ccccc2Br)N1. The minimum atomic E-state index is -1.84. The molecule has 1 N–H and O–H groups in total. The lowest BCUT2D eigenvalue weighted by molar-refractivity contribution is -0.162. The maximum atomic E-state index is 12.6. The highest BCUT2D eigenvalue weighted by atomic mass is 79.9. The van der Waals surface area contributed by atoms with Gasteiger partial charge in [0, 0.05) is 10.0 Å². The Balaban J connectivity index is 2.56. The van der Waals surface area contributed by atoms with Gasteiger partial charge in [-0.2, -0.15) is 0 Å². The van der Waals surface area contributed by atoms with Crippen LogP contribution < -0.4 is 5.32 Å². The third-order valence-corrected chi connectivity index (χ3v) is 4.59. The first-order valence-electron chi connectivity index (χ1n) is 7.97. The number of benzene rings is 1. The summed E-state index contributed by atoms with van der Waals surface area (Å²) in [6.07, 6.45) is 1.33. The van der Waals surface area contributed by atoms with Crippen molar-refractivity contribution in [3.63, 3.8) is 0 Å². The summed E-state index contributed by atoms with van der Waals surface area (Å²) in [5.41, 5.74) is -0.792. The Morgan fingerprint density at radius 3 is 2.16 bits per heavy atom. The lowest BCUT2D eigenvalue weighted by Crippen LogP contribution is -2.56. The molecule has 1 aliphatic rings. The molecular weight excluding hydrogens is 390 g/mol. The zero-order valence-corrected chi connectivity index (χ0v) is 15.9. The van der Waals surface area contributed by atoms with Crippen LogP contribution in [0.1, 0.15) is 32.4 Å². The van der Waals surface area contributed by atoms with Crippen LogP contribution in [0, 0.1) is 0 Å². The van der Waals surface area contributed by atoms with Crippen molar-refractivity contribution in [2.75, 3.05) is 13.2 Å². The maximum Gasteiger partial charge on any atom is 0.342 e. The lowest BCUT2D eigenvalue weighted by atomic mass is 9.97. The molecular formula is C18H20BrNO5. The first-order valence-corrected chi connectivity index (χ1v) is 8.76. The number of esters is 2. The van der Waals surface area contributed by atoms with E-state index in [2.05, 4.69) is 21.2 Å². The van der Waals surface area contributed by atoms with Gasteiger partial charge >= 0.3 is 11.9 Å². The van der Waals surface area contributed by atoms with Crippen LogP contribution in [0.15, 0.2) is 40.4 Å². The van der Waals surface area contributed by atoms with E-state index in [1.807, 2.05) is 24.3 Å². The molecule has 0 spiro atoms. The fraction of sp³-hybridized carbons (Fsp3) is 0.389. The van der Waals surface area contributed by atoms with Crippen LogP contribution >= 0.6 is 15.9 Å². The van der Waals surface area contributed by atoms with Crippen molar-refractivity contribution in [1.29, 1.82) is 0 Å². The summed E-state index contributed by atoms with van der Waals surface area (Å²) in [6.45, 7) is 4.89. The molecule has 134 valence electrons. The second kappa shape index (κ2) is 7.93. The van der Waals surface area contributed by atoms with Gasteiger partial charge in [0.1, 0.15) is 0 Å². The number of rotatable bonds is 6. The molecule has 0 amide bonds. The van der Waals surface area contributed by atoms with Gasteiger partial charge in [0.15, 0.2) is 5.78 Å². The van der Waals surface area contributed by atoms with Crippen LogP contribution in [0.25, 0.3) is 0 Å². The number of carbonyl (C=O) groups excluding carboxylic acids is 3. The Kier molecular flexibility index (Phi) is 6.13. The summed E-state index contributed by atoms with van der Waals surface area (Å²) in [6, 6.07) is 6.65. The topological polar surface area (TPSA) is 81.7 Å². The predicted octanol–water partition coefficient (Wildman–Crippen LogP) is 2.47. The molecule has 1 aliphatic heterocycles. The van der Waals surface area contributed by atoms with Crippen molar-refractivity contribution < 1.29 is 23.9 Å². The summed E-state index contributed by atoms with van der Waals surface area (Å²) in [5, 5.41) is 2.97. The largest absolute Gasteiger partial charge is 0.464 e. The number of nitrogens with one attached hydrogen (secondary N) is 1. The van der Waals surface area contributed by atoms with Gasteiger partial charge < -0.3 is 9.47 Å². The Bertz CT molecular complexity index is 710. The molecule has 0 saturated heterocycles. The number of Topliss-reactive ketones (excluding diaryl/α,β-unsaturated/α-hetero) is 1. The molecule has 0 bridgehead atoms. The minimum absolute atomic E-state index is 0.102. The highest BCUT2D eigenvalue weighted by molar-refractivity contribution is 9.10. The molecule has 0 aromatic heterocycles. The highest BCUT2D eigenvalue weighted by Gasteiger charge is 2.54. The van der Waals surface area contributed by atoms with Crippen molar-refractivity contribution in [2.45, 2.75) is 32.4 Å². The molecule has 0 aliphatic carbocycles. The summed E-state index contributed by atoms with van der Waals surface area (Å²) in [4.78, 5) is 37.3. The van der Waals surface area contributed by atoms with E-state index in [1.165, 1.54) is 13.0 Å². The van der Waals surface area contributed by atoms with Crippen molar-refractivity contribution in [3.05, 3.63) is 46.0 Å². The Hall–Kier alpha value is -1.99. The molecule has 1 aromatic rings. The van der Waals surface area contributed by atoms with Crippen LogP contribution in [-0.2, 0) is 23.9 Å². The maximum absolute atomic E-state index is 12.6. The van der Waals surface area contributed by atoms with E-state index in [1.54, 1.807) is 13.8 Å². The molecule has 0 radical (unpaired) electrons. The molecule has 0 saturated carbocycles. The van der Waals surface area contributed by atoms with E-state index in [0.29, 0.717) is 5.57 Å². The zero-order chi connectivity index (χ0) is 18.6. The van der Waals surface area contributed by atoms with E-state index in [4.69, 9.17) is 9.47 Å². The quantitative estimate of drug-likeness (QED) is 0.573. The molecule has 1 heterocycles. The predicted molar refractivity (Wildman–Crippen MR) is 94.8 cm³/mol. The average Bonchev–Trinajstić information content (AvgIpc) is 2.98. The molecule has 0 unspecified atom stereocenters. The third-order valence-electron chi connectivity index (χ3n) is 3.87. The van der Waals surface area contributed by atoms with Gasteiger partial charge in [-0.3, -0.25) is 10.1 Å². The van der Waals surface area contributed by atoms with E-state index in [0.717, 1.165) is 10.0 Å². The number of carbonyl (C=O) groups is 3. The van der Waals surface area contributed by atoms with Gasteiger partial charge in [0.25, 0.3) is 0 Å². The lowest BCUT2D eigenvalue weighted by Gasteiger charge is -2.26. The van der Waals surface area contributed by atoms with Gasteiger partial charge in [-0.15, -0.1) is 0 Å². The fourth-order valence-corrected chi connectivity index (χ4v) is 3.25. The Morgan fingerprint density at radius 1 is 1.12 bits per heavy atom. The van der Waals surface area contributed by atoms with Crippen LogP contribution in [0.2, 0.25) is 0 Å². The first kappa shape index (κ1) is 19.3. The van der Waals surface area contributed by atoms with E-state index < -0.39 is 23.5 Å². The van der Waals surface area contributed by atoms with Crippen molar-refractivity contribution in [3.8, 4) is 0 Å². The summed E-state index contributed by atoms with van der Waals surface area (Å²) >= 11 is 3.45. The number of ketones is 1. The normalized spacial score (nSPS) is 18.4. The monoisotopic (exact) mass is 409 g/mol. The molecule has 1 atom stereocenters. The smallest absolute Gasteiger partial charge is 0.342 e. The summed E-state index contributed by atoms with van der Waals surface area (Å²) < 4.78 is 10.9. The fourth-order valence-electron chi connectivity index (χ4n) is 2.73. The minimum Gasteiger partial charge on any atom is -0.464 e. The van der Waals surface area contributed by atoms with Gasteiger partial charge in [0.2, 0.25) is 5.54 Å². The average molecular weight is 410 g/mol. The zero-order valence-electron chi connectivity index (χ0n) is 14.3. The van der Waals surface area contributed by atoms with Crippen LogP contribution in [0.4, 0.5) is 0 Å². The number of ether oxygens (including phenoxy) is 2. The molecule has 7 heteroatoms. The van der Waals surface area contributed by atoms with Gasteiger partial charge in [0.05, 0.1) is 19.3 Å². The molecule has 0 fully saturated rings. The standard InChI is InChI=1S/C18H20BrNO5/c1-4-24-16(22)18(17(23)25-5-2)10-13(11(3)21)15(20-18)12-8-6-7-9-14(12)19/h6-10,15,20H,4-5H2,1-3H3/t15-/m0/s1. The summed E-state index contributed by atoms with van der Waals surface area (Å²) in [7, 11) is 0. The number of hydrogen-bond acceptors (Lipinski definition) is 6. The molecule has 25 heavy (non-hydrogen) atoms. The van der Waals surface area contributed by atoms with E-state index in [-0.39, 0.29) is 19.0 Å². The first-order chi connectivity index (χ1) is 11.9. The van der Waals surface area contributed by atoms with E-state index in [9.17, 15) is 14.4 Å². The van der Waals surface area contributed by atoms with Crippen LogP contribution in [-0.4, -0.2) is 36.5 Å². The Labute approximate surface area is 154 Å². The van der Waals surface area contributed by atoms with Crippen molar-refractivity contribution >= 4 is 33.7 Å². The van der Waals surface area contributed by atoms with Crippen molar-refractivity contribution in [2.24, 2.45) is 0 Å². The summed E-state index contributed by atoms with van der Waals surface area (Å²) in [5.74, 6) is -1.83. The van der Waals surface area contributed by atoms with Gasteiger partial charge in [-0.25, -0.2) is 9.59 Å². The van der Waals surface area contributed by atoms with Gasteiger partial charge in [-0.1, -0.05) is 34.1 Å². The second-order valence-electron chi connectivity index (χ2n) is 5.50. The number of hydrogen-bond donors (Lipinski definition) is 1. The third kappa shape index (κ3) is 3.67. The van der Waals surface area contributed by atoms with Gasteiger partial charge in [-0.05, 0) is 38.5 Å². The second-order valence-corrected chi connectivity index (χ2v) is 6.36. The van der Waals surface area contributed by atoms with E-state index >= 15 is 0 Å². The highest BCUT2D eigenvalue weighted by Crippen LogP contribution is 2.37.